The molecule has 0 bridgehead atoms. The largest absolute Gasteiger partial charge is 0.478 e. The monoisotopic (exact) mass is 128 g/mol. The molecule has 0 atom stereocenters. The minimum atomic E-state index is -0.855. The Bertz CT molecular complexity index is 105. The van der Waals surface area contributed by atoms with E-state index in [4.69, 9.17) is 5.11 Å². The van der Waals surface area contributed by atoms with Crippen LogP contribution in [0.3, 0.4) is 0 Å². The van der Waals surface area contributed by atoms with Gasteiger partial charge in [0.15, 0.2) is 0 Å². The number of carbonyl (C=O) groups is 1. The molecule has 0 fully saturated rings. The Morgan fingerprint density at radius 1 is 1.67 bits per heavy atom. The molecule has 0 aliphatic rings. The standard InChI is InChI=1S/C7H12O2/c1-2-3-4-5-6-7(8)9/h5-6H,2-4H2,1H3,(H,8,9)/b6-5+. The van der Waals surface area contributed by atoms with Gasteiger partial charge in [0.2, 0.25) is 0 Å². The lowest BCUT2D eigenvalue weighted by molar-refractivity contribution is -0.131. The van der Waals surface area contributed by atoms with Crippen molar-refractivity contribution in [3.63, 3.8) is 0 Å². The van der Waals surface area contributed by atoms with Gasteiger partial charge < -0.3 is 5.11 Å². The van der Waals surface area contributed by atoms with E-state index >= 15 is 0 Å². The fraction of sp³-hybridized carbons (Fsp3) is 0.571. The highest BCUT2D eigenvalue weighted by atomic mass is 16.4. The van der Waals surface area contributed by atoms with Crippen LogP contribution >= 0.6 is 0 Å². The molecule has 0 spiro atoms. The minimum Gasteiger partial charge on any atom is -0.478 e. The third-order valence-corrected chi connectivity index (χ3v) is 0.985. The first-order chi connectivity index (χ1) is 4.27. The molecule has 0 saturated carbocycles. The Morgan fingerprint density at radius 2 is 2.33 bits per heavy atom. The predicted octanol–water partition coefficient (Wildman–Crippen LogP) is 1.82. The number of unbranched alkanes of at least 4 members (excludes halogenated alkanes) is 2. The van der Waals surface area contributed by atoms with Crippen LogP contribution in [-0.4, -0.2) is 11.1 Å². The smallest absolute Gasteiger partial charge is 0.327 e. The van der Waals surface area contributed by atoms with Gasteiger partial charge in [0, 0.05) is 6.08 Å². The molecular weight excluding hydrogens is 116 g/mol. The highest BCUT2D eigenvalue weighted by Gasteiger charge is 1.83. The van der Waals surface area contributed by atoms with E-state index in [-0.39, 0.29) is 0 Å². The average Bonchev–Trinajstić information content (AvgIpc) is 1.80. The molecule has 52 valence electrons. The average molecular weight is 128 g/mol. The number of allylic oxidation sites excluding steroid dienone is 1. The summed E-state index contributed by atoms with van der Waals surface area (Å²) in [5.41, 5.74) is 0. The quantitative estimate of drug-likeness (QED) is 0.463. The maximum absolute atomic E-state index is 9.88. The third kappa shape index (κ3) is 7.21. The molecule has 0 aromatic heterocycles. The van der Waals surface area contributed by atoms with Crippen molar-refractivity contribution in [3.05, 3.63) is 12.2 Å². The van der Waals surface area contributed by atoms with Crippen LogP contribution < -0.4 is 0 Å². The normalized spacial score (nSPS) is 10.3. The van der Waals surface area contributed by atoms with Crippen LogP contribution in [-0.2, 0) is 4.79 Å². The molecule has 0 aliphatic heterocycles. The Kier molecular flexibility index (Phi) is 4.88. The molecule has 0 unspecified atom stereocenters. The van der Waals surface area contributed by atoms with Crippen molar-refractivity contribution in [2.75, 3.05) is 0 Å². The second kappa shape index (κ2) is 5.35. The predicted molar refractivity (Wildman–Crippen MR) is 36.3 cm³/mol. The Balaban J connectivity index is 3.15. The van der Waals surface area contributed by atoms with E-state index in [9.17, 15) is 4.79 Å². The van der Waals surface area contributed by atoms with E-state index in [1.165, 1.54) is 6.08 Å². The fourth-order valence-electron chi connectivity index (χ4n) is 0.506. The maximum Gasteiger partial charge on any atom is 0.327 e. The second-order valence-corrected chi connectivity index (χ2v) is 1.88. The van der Waals surface area contributed by atoms with Crippen molar-refractivity contribution in [2.45, 2.75) is 26.2 Å². The summed E-state index contributed by atoms with van der Waals surface area (Å²) >= 11 is 0. The van der Waals surface area contributed by atoms with Gasteiger partial charge in [-0.3, -0.25) is 0 Å². The highest BCUT2D eigenvalue weighted by Crippen LogP contribution is 1.93. The lowest BCUT2D eigenvalue weighted by Gasteiger charge is -1.85. The van der Waals surface area contributed by atoms with Crippen LogP contribution in [0.25, 0.3) is 0 Å². The molecule has 0 aromatic rings. The molecule has 0 aliphatic carbocycles. The van der Waals surface area contributed by atoms with E-state index in [0.29, 0.717) is 0 Å². The van der Waals surface area contributed by atoms with Crippen molar-refractivity contribution in [3.8, 4) is 0 Å². The van der Waals surface area contributed by atoms with Crippen LogP contribution in [0.4, 0.5) is 0 Å². The van der Waals surface area contributed by atoms with Gasteiger partial charge in [0.1, 0.15) is 0 Å². The number of hydrogen-bond acceptors (Lipinski definition) is 1. The van der Waals surface area contributed by atoms with Crippen molar-refractivity contribution in [1.29, 1.82) is 0 Å². The number of hydrogen-bond donors (Lipinski definition) is 1. The second-order valence-electron chi connectivity index (χ2n) is 1.88. The SMILES string of the molecule is CCCC/C=C/C(=O)O. The number of carboxylic acid groups (broad SMARTS) is 1. The topological polar surface area (TPSA) is 37.3 Å². The Hall–Kier alpha value is -0.790. The van der Waals surface area contributed by atoms with Crippen LogP contribution in [0.1, 0.15) is 26.2 Å². The zero-order valence-electron chi connectivity index (χ0n) is 5.63. The van der Waals surface area contributed by atoms with E-state index < -0.39 is 5.97 Å². The van der Waals surface area contributed by atoms with Gasteiger partial charge in [-0.1, -0.05) is 25.8 Å². The van der Waals surface area contributed by atoms with Crippen molar-refractivity contribution in [1.82, 2.24) is 0 Å². The van der Waals surface area contributed by atoms with Gasteiger partial charge in [-0.25, -0.2) is 4.79 Å². The van der Waals surface area contributed by atoms with Crippen molar-refractivity contribution < 1.29 is 9.90 Å². The van der Waals surface area contributed by atoms with E-state index in [0.717, 1.165) is 19.3 Å². The van der Waals surface area contributed by atoms with E-state index in [1.807, 2.05) is 0 Å². The molecule has 0 rings (SSSR count). The maximum atomic E-state index is 9.88. The molecule has 0 radical (unpaired) electrons. The van der Waals surface area contributed by atoms with Crippen molar-refractivity contribution in [2.24, 2.45) is 0 Å². The fourth-order valence-corrected chi connectivity index (χ4v) is 0.506. The molecular formula is C7H12O2. The summed E-state index contributed by atoms with van der Waals surface area (Å²) in [6, 6.07) is 0. The summed E-state index contributed by atoms with van der Waals surface area (Å²) in [4.78, 5) is 9.88. The third-order valence-electron chi connectivity index (χ3n) is 0.985. The number of rotatable bonds is 4. The zero-order valence-corrected chi connectivity index (χ0v) is 5.63. The van der Waals surface area contributed by atoms with Gasteiger partial charge in [0.25, 0.3) is 0 Å². The van der Waals surface area contributed by atoms with Gasteiger partial charge >= 0.3 is 5.97 Å². The molecule has 2 heteroatoms. The molecule has 2 nitrogen and oxygen atoms in total. The van der Waals surface area contributed by atoms with Crippen LogP contribution in [0.15, 0.2) is 12.2 Å². The van der Waals surface area contributed by atoms with E-state index in [1.54, 1.807) is 6.08 Å². The lowest BCUT2D eigenvalue weighted by Crippen LogP contribution is -1.85. The molecule has 1 N–H and O–H groups in total. The van der Waals surface area contributed by atoms with Gasteiger partial charge in [0.05, 0.1) is 0 Å². The van der Waals surface area contributed by atoms with Crippen LogP contribution in [0.2, 0.25) is 0 Å². The first kappa shape index (κ1) is 8.21. The van der Waals surface area contributed by atoms with Crippen LogP contribution in [0, 0.1) is 0 Å². The first-order valence-electron chi connectivity index (χ1n) is 3.17. The zero-order chi connectivity index (χ0) is 7.11. The molecule has 0 amide bonds. The van der Waals surface area contributed by atoms with Crippen molar-refractivity contribution >= 4 is 5.97 Å². The van der Waals surface area contributed by atoms with Crippen LogP contribution in [0.5, 0.6) is 0 Å². The summed E-state index contributed by atoms with van der Waals surface area (Å²) in [5.74, 6) is -0.855. The Labute approximate surface area is 55.2 Å². The van der Waals surface area contributed by atoms with Gasteiger partial charge in [-0.15, -0.1) is 0 Å². The number of carboxylic acids is 1. The van der Waals surface area contributed by atoms with Gasteiger partial charge in [-0.2, -0.15) is 0 Å². The first-order valence-corrected chi connectivity index (χ1v) is 3.17. The number of aliphatic carboxylic acids is 1. The molecule has 0 saturated heterocycles. The molecule has 0 aromatic carbocycles. The molecule has 9 heavy (non-hydrogen) atoms. The summed E-state index contributed by atoms with van der Waals surface area (Å²) < 4.78 is 0. The summed E-state index contributed by atoms with van der Waals surface area (Å²) in [6.07, 6.45) is 5.94. The molecule has 0 heterocycles. The summed E-state index contributed by atoms with van der Waals surface area (Å²) in [6.45, 7) is 2.08. The minimum absolute atomic E-state index is 0.855. The summed E-state index contributed by atoms with van der Waals surface area (Å²) in [5, 5.41) is 8.13. The van der Waals surface area contributed by atoms with Gasteiger partial charge in [-0.05, 0) is 6.42 Å². The summed E-state index contributed by atoms with van der Waals surface area (Å²) in [7, 11) is 0. The lowest BCUT2D eigenvalue weighted by atomic mass is 10.2. The highest BCUT2D eigenvalue weighted by molar-refractivity contribution is 5.79. The Morgan fingerprint density at radius 3 is 2.78 bits per heavy atom. The van der Waals surface area contributed by atoms with E-state index in [2.05, 4.69) is 6.92 Å².